The highest BCUT2D eigenvalue weighted by Gasteiger charge is 2.14. The van der Waals surface area contributed by atoms with Crippen LogP contribution in [0.5, 0.6) is 0 Å². The van der Waals surface area contributed by atoms with Gasteiger partial charge in [0, 0.05) is 28.4 Å². The number of carbonyl (C=O) groups excluding carboxylic acids is 2. The summed E-state index contributed by atoms with van der Waals surface area (Å²) >= 11 is 0. The lowest BCUT2D eigenvalue weighted by atomic mass is 10.1. The molecule has 3 aromatic rings. The summed E-state index contributed by atoms with van der Waals surface area (Å²) in [6.45, 7) is 1.08. The topological polar surface area (TPSA) is 107 Å². The van der Waals surface area contributed by atoms with Crippen LogP contribution in [0.4, 0.5) is 10.1 Å². The van der Waals surface area contributed by atoms with Crippen LogP contribution < -0.4 is 16.6 Å². The minimum Gasteiger partial charge on any atom is -0.366 e. The normalized spacial score (nSPS) is 10.5. The molecule has 0 bridgehead atoms. The number of nitrogens with one attached hydrogen (secondary N) is 1. The second-order valence-electron chi connectivity index (χ2n) is 6.12. The fourth-order valence-corrected chi connectivity index (χ4v) is 2.60. The van der Waals surface area contributed by atoms with E-state index in [9.17, 15) is 18.8 Å². The quantitative estimate of drug-likeness (QED) is 0.707. The molecule has 0 aliphatic heterocycles. The van der Waals surface area contributed by atoms with Gasteiger partial charge in [-0.05, 0) is 25.1 Å². The van der Waals surface area contributed by atoms with Gasteiger partial charge in [-0.25, -0.2) is 9.07 Å². The lowest BCUT2D eigenvalue weighted by molar-refractivity contribution is -0.117. The predicted molar refractivity (Wildman–Crippen MR) is 102 cm³/mol. The number of hydrogen-bond acceptors (Lipinski definition) is 4. The van der Waals surface area contributed by atoms with Gasteiger partial charge in [-0.15, -0.1) is 0 Å². The van der Waals surface area contributed by atoms with Crippen molar-refractivity contribution < 1.29 is 14.0 Å². The van der Waals surface area contributed by atoms with Gasteiger partial charge in [0.05, 0.1) is 5.69 Å². The average Bonchev–Trinajstić information content (AvgIpc) is 2.67. The van der Waals surface area contributed by atoms with E-state index in [-0.39, 0.29) is 23.4 Å². The van der Waals surface area contributed by atoms with E-state index >= 15 is 0 Å². The van der Waals surface area contributed by atoms with Gasteiger partial charge in [0.15, 0.2) is 0 Å². The van der Waals surface area contributed by atoms with Crippen LogP contribution in [0.2, 0.25) is 0 Å². The first-order valence-corrected chi connectivity index (χ1v) is 8.38. The third kappa shape index (κ3) is 4.12. The molecule has 3 N–H and O–H groups in total. The first-order valence-electron chi connectivity index (χ1n) is 8.38. The minimum atomic E-state index is -0.817. The Morgan fingerprint density at radius 1 is 1.14 bits per heavy atom. The van der Waals surface area contributed by atoms with Crippen LogP contribution in [0.15, 0.2) is 59.4 Å². The number of nitrogens with two attached hydrogens (primary N) is 1. The Morgan fingerprint density at radius 2 is 1.86 bits per heavy atom. The average molecular weight is 380 g/mol. The number of amides is 2. The van der Waals surface area contributed by atoms with E-state index in [4.69, 9.17) is 5.73 Å². The monoisotopic (exact) mass is 380 g/mol. The number of carbonyl (C=O) groups is 2. The Bertz CT molecular complexity index is 1110. The summed E-state index contributed by atoms with van der Waals surface area (Å²) in [5.74, 6) is -2.08. The Hall–Kier alpha value is -3.81. The van der Waals surface area contributed by atoms with Gasteiger partial charge in [0.2, 0.25) is 11.8 Å². The van der Waals surface area contributed by atoms with Crippen molar-refractivity contribution in [2.24, 2.45) is 5.73 Å². The molecule has 142 valence electrons. The van der Waals surface area contributed by atoms with Crippen molar-refractivity contribution in [1.29, 1.82) is 0 Å². The molecule has 0 saturated carbocycles. The third-order valence-corrected chi connectivity index (χ3v) is 4.13. The Balaban J connectivity index is 1.84. The van der Waals surface area contributed by atoms with E-state index in [2.05, 4.69) is 10.4 Å². The van der Waals surface area contributed by atoms with Crippen molar-refractivity contribution in [1.82, 2.24) is 9.78 Å². The molecule has 0 radical (unpaired) electrons. The van der Waals surface area contributed by atoms with E-state index in [0.29, 0.717) is 5.69 Å². The first kappa shape index (κ1) is 19.0. The largest absolute Gasteiger partial charge is 0.366 e. The lowest BCUT2D eigenvalue weighted by Crippen LogP contribution is -2.29. The number of primary amides is 1. The van der Waals surface area contributed by atoms with E-state index in [0.717, 1.165) is 16.3 Å². The molecule has 7 nitrogen and oxygen atoms in total. The van der Waals surface area contributed by atoms with Gasteiger partial charge >= 0.3 is 0 Å². The number of halogens is 1. The maximum Gasteiger partial charge on any atom is 0.267 e. The second-order valence-corrected chi connectivity index (χ2v) is 6.12. The highest BCUT2D eigenvalue weighted by molar-refractivity contribution is 5.97. The summed E-state index contributed by atoms with van der Waals surface area (Å²) in [5, 5.41) is 6.70. The van der Waals surface area contributed by atoms with Gasteiger partial charge in [-0.3, -0.25) is 14.4 Å². The van der Waals surface area contributed by atoms with E-state index < -0.39 is 23.2 Å². The Morgan fingerprint density at radius 3 is 2.54 bits per heavy atom. The van der Waals surface area contributed by atoms with Gasteiger partial charge in [0.25, 0.3) is 5.56 Å². The van der Waals surface area contributed by atoms with Crippen LogP contribution >= 0.6 is 0 Å². The zero-order valence-corrected chi connectivity index (χ0v) is 15.0. The van der Waals surface area contributed by atoms with Crippen molar-refractivity contribution in [2.45, 2.75) is 13.5 Å². The molecule has 0 fully saturated rings. The molecule has 0 aliphatic carbocycles. The summed E-state index contributed by atoms with van der Waals surface area (Å²) in [6, 6.07) is 14.4. The molecule has 2 amide bonds. The van der Waals surface area contributed by atoms with E-state index in [1.165, 1.54) is 19.1 Å². The molecule has 0 spiro atoms. The first-order chi connectivity index (χ1) is 13.3. The number of hydrogen-bond donors (Lipinski definition) is 2. The van der Waals surface area contributed by atoms with Crippen molar-refractivity contribution in [3.63, 3.8) is 0 Å². The standard InChI is InChI=1S/C20H17FN4O3/c1-12-15(21)9-14(20(22)28)10-17(12)23-18(26)11-25-19(27)8-7-16(24-25)13-5-3-2-4-6-13/h2-10H,11H2,1H3,(H2,22,28)(H,23,26). The van der Waals surface area contributed by atoms with Gasteiger partial charge < -0.3 is 11.1 Å². The number of anilines is 1. The van der Waals surface area contributed by atoms with Crippen molar-refractivity contribution >= 4 is 17.5 Å². The van der Waals surface area contributed by atoms with Gasteiger partial charge in [0.1, 0.15) is 12.4 Å². The number of nitrogens with zero attached hydrogens (tertiary/aromatic N) is 2. The molecule has 0 unspecified atom stereocenters. The van der Waals surface area contributed by atoms with Crippen LogP contribution in [0.3, 0.4) is 0 Å². The molecule has 0 aliphatic rings. The van der Waals surface area contributed by atoms with E-state index in [1.807, 2.05) is 30.3 Å². The molecule has 28 heavy (non-hydrogen) atoms. The number of aromatic nitrogens is 2. The molecule has 3 rings (SSSR count). The van der Waals surface area contributed by atoms with Crippen LogP contribution in [0, 0.1) is 12.7 Å². The summed E-state index contributed by atoms with van der Waals surface area (Å²) in [4.78, 5) is 35.7. The fourth-order valence-electron chi connectivity index (χ4n) is 2.60. The minimum absolute atomic E-state index is 0.0697. The molecular formula is C20H17FN4O3. The molecular weight excluding hydrogens is 363 g/mol. The maximum absolute atomic E-state index is 14.0. The summed E-state index contributed by atoms with van der Waals surface area (Å²) in [7, 11) is 0. The molecule has 8 heteroatoms. The van der Waals surface area contributed by atoms with Crippen LogP contribution in [-0.4, -0.2) is 21.6 Å². The second kappa shape index (κ2) is 7.83. The predicted octanol–water partition coefficient (Wildman–Crippen LogP) is 2.10. The summed E-state index contributed by atoms with van der Waals surface area (Å²) in [5.41, 5.74) is 6.23. The summed E-state index contributed by atoms with van der Waals surface area (Å²) < 4.78 is 15.0. The molecule has 0 atom stereocenters. The third-order valence-electron chi connectivity index (χ3n) is 4.13. The highest BCUT2D eigenvalue weighted by atomic mass is 19.1. The fraction of sp³-hybridized carbons (Fsp3) is 0.100. The SMILES string of the molecule is Cc1c(F)cc(C(N)=O)cc1NC(=O)Cn1nc(-c2ccccc2)ccc1=O. The van der Waals surface area contributed by atoms with Crippen LogP contribution in [-0.2, 0) is 11.3 Å². The molecule has 1 aromatic heterocycles. The highest BCUT2D eigenvalue weighted by Crippen LogP contribution is 2.21. The lowest BCUT2D eigenvalue weighted by Gasteiger charge is -2.12. The Labute approximate surface area is 159 Å². The zero-order chi connectivity index (χ0) is 20.3. The van der Waals surface area contributed by atoms with Gasteiger partial charge in [-0.2, -0.15) is 5.10 Å². The van der Waals surface area contributed by atoms with Gasteiger partial charge in [-0.1, -0.05) is 30.3 Å². The zero-order valence-electron chi connectivity index (χ0n) is 15.0. The number of rotatable bonds is 5. The van der Waals surface area contributed by atoms with Crippen molar-refractivity contribution in [3.8, 4) is 11.3 Å². The molecule has 0 saturated heterocycles. The van der Waals surface area contributed by atoms with Crippen LogP contribution in [0.25, 0.3) is 11.3 Å². The van der Waals surface area contributed by atoms with Crippen molar-refractivity contribution in [3.05, 3.63) is 81.9 Å². The van der Waals surface area contributed by atoms with Crippen molar-refractivity contribution in [2.75, 3.05) is 5.32 Å². The Kier molecular flexibility index (Phi) is 5.30. The number of benzene rings is 2. The smallest absolute Gasteiger partial charge is 0.267 e. The summed E-state index contributed by atoms with van der Waals surface area (Å²) in [6.07, 6.45) is 0. The van der Waals surface area contributed by atoms with E-state index in [1.54, 1.807) is 6.07 Å². The molecule has 1 heterocycles. The van der Waals surface area contributed by atoms with Crippen LogP contribution in [0.1, 0.15) is 15.9 Å². The molecule has 2 aromatic carbocycles. The maximum atomic E-state index is 14.0.